The molecule has 3 aliphatic heterocycles. The van der Waals surface area contributed by atoms with Gasteiger partial charge in [-0.15, -0.1) is 5.10 Å². The Balaban J connectivity index is 1.29. The number of piperidine rings is 1. The van der Waals surface area contributed by atoms with Gasteiger partial charge in [0.2, 0.25) is 0 Å². The molecule has 2 saturated heterocycles. The molecule has 2 atom stereocenters. The van der Waals surface area contributed by atoms with Gasteiger partial charge >= 0.3 is 0 Å². The average Bonchev–Trinajstić information content (AvgIpc) is 3.19. The van der Waals surface area contributed by atoms with Crippen molar-refractivity contribution in [1.82, 2.24) is 10.2 Å². The third-order valence-corrected chi connectivity index (χ3v) is 6.51. The van der Waals surface area contributed by atoms with Gasteiger partial charge < -0.3 is 10.2 Å². The van der Waals surface area contributed by atoms with Crippen LogP contribution in [0.3, 0.4) is 0 Å². The van der Waals surface area contributed by atoms with E-state index in [4.69, 9.17) is 0 Å². The summed E-state index contributed by atoms with van der Waals surface area (Å²) in [4.78, 5) is 15.3. The number of nitrogens with one attached hydrogen (secondary N) is 1. The molecular weight excluding hydrogens is 355 g/mol. The quantitative estimate of drug-likeness (QED) is 0.879. The molecule has 1 aromatic carbocycles. The van der Waals surface area contributed by atoms with Crippen molar-refractivity contribution in [1.29, 1.82) is 0 Å². The van der Waals surface area contributed by atoms with Gasteiger partial charge in [-0.2, -0.15) is 5.10 Å². The number of allylic oxidation sites excluding steroid dienone is 3. The van der Waals surface area contributed by atoms with E-state index in [0.29, 0.717) is 24.2 Å². The van der Waals surface area contributed by atoms with Gasteiger partial charge in [-0.3, -0.25) is 4.79 Å². The number of benzene rings is 1. The summed E-state index contributed by atoms with van der Waals surface area (Å²) < 4.78 is 13.2. The molecule has 2 unspecified atom stereocenters. The van der Waals surface area contributed by atoms with Crippen molar-refractivity contribution in [2.75, 3.05) is 7.05 Å². The van der Waals surface area contributed by atoms with E-state index in [0.717, 1.165) is 35.3 Å². The van der Waals surface area contributed by atoms with Crippen LogP contribution in [0.25, 0.3) is 5.57 Å². The number of nitrogens with zero attached hydrogens (tertiary/aromatic N) is 3. The van der Waals surface area contributed by atoms with Gasteiger partial charge in [0.25, 0.3) is 5.91 Å². The first-order chi connectivity index (χ1) is 13.6. The number of rotatable bonds is 3. The number of carbonyl (C=O) groups excluding carboxylic acids is 1. The van der Waals surface area contributed by atoms with Crippen LogP contribution < -0.4 is 5.32 Å². The van der Waals surface area contributed by atoms with Crippen LogP contribution in [0.5, 0.6) is 0 Å². The predicted molar refractivity (Wildman–Crippen MR) is 108 cm³/mol. The van der Waals surface area contributed by atoms with Crippen molar-refractivity contribution in [3.05, 3.63) is 53.4 Å². The van der Waals surface area contributed by atoms with E-state index < -0.39 is 0 Å². The molecule has 0 spiro atoms. The molecule has 1 N–H and O–H groups in total. The lowest BCUT2D eigenvalue weighted by atomic mass is 9.89. The highest BCUT2D eigenvalue weighted by molar-refractivity contribution is 6.53. The summed E-state index contributed by atoms with van der Waals surface area (Å²) >= 11 is 0. The minimum Gasteiger partial charge on any atom is -0.348 e. The fourth-order valence-electron chi connectivity index (χ4n) is 4.90. The van der Waals surface area contributed by atoms with Crippen LogP contribution in [0.15, 0.2) is 52.2 Å². The van der Waals surface area contributed by atoms with Gasteiger partial charge in [0.15, 0.2) is 5.71 Å². The summed E-state index contributed by atoms with van der Waals surface area (Å²) in [6, 6.07) is 7.80. The topological polar surface area (TPSA) is 57.1 Å². The molecule has 5 nitrogen and oxygen atoms in total. The maximum Gasteiger partial charge on any atom is 0.272 e. The Bertz CT molecular complexity index is 930. The van der Waals surface area contributed by atoms with Crippen LogP contribution in [-0.2, 0) is 4.79 Å². The summed E-state index contributed by atoms with van der Waals surface area (Å²) in [5.41, 5.74) is 4.02. The third-order valence-electron chi connectivity index (χ3n) is 6.51. The van der Waals surface area contributed by atoms with Gasteiger partial charge in [-0.25, -0.2) is 4.39 Å². The Morgan fingerprint density at radius 2 is 1.82 bits per heavy atom. The van der Waals surface area contributed by atoms with Crippen molar-refractivity contribution < 1.29 is 9.18 Å². The van der Waals surface area contributed by atoms with Gasteiger partial charge in [0.05, 0.1) is 5.71 Å². The van der Waals surface area contributed by atoms with Crippen LogP contribution in [0, 0.1) is 5.82 Å². The Morgan fingerprint density at radius 1 is 1.11 bits per heavy atom. The van der Waals surface area contributed by atoms with Crippen molar-refractivity contribution in [2.24, 2.45) is 10.2 Å². The summed E-state index contributed by atoms with van der Waals surface area (Å²) in [7, 11) is 2.19. The van der Waals surface area contributed by atoms with E-state index in [9.17, 15) is 9.18 Å². The number of halogens is 1. The molecule has 6 heteroatoms. The molecule has 0 aromatic heterocycles. The standard InChI is InChI=1S/C22H23FN4O/c1-27-17-7-8-18(27)12-16(11-17)24-22(28)21-19-9-4-14(10-20(19)25-26-21)13-2-5-15(23)6-3-13/h2-6,9,16-18H,7-8,10-12H2,1H3,(H,24,28). The second-order valence-corrected chi connectivity index (χ2v) is 8.14. The van der Waals surface area contributed by atoms with Gasteiger partial charge in [0.1, 0.15) is 5.82 Å². The second-order valence-electron chi connectivity index (χ2n) is 8.14. The minimum atomic E-state index is -0.251. The van der Waals surface area contributed by atoms with Gasteiger partial charge in [-0.1, -0.05) is 24.3 Å². The summed E-state index contributed by atoms with van der Waals surface area (Å²) in [5, 5.41) is 11.6. The molecule has 1 amide bonds. The zero-order chi connectivity index (χ0) is 19.3. The Kier molecular flexibility index (Phi) is 4.23. The number of amides is 1. The predicted octanol–water partition coefficient (Wildman–Crippen LogP) is 3.09. The highest BCUT2D eigenvalue weighted by Crippen LogP contribution is 2.34. The Labute approximate surface area is 163 Å². The fraction of sp³-hybridized carbons (Fsp3) is 0.409. The van der Waals surface area contributed by atoms with Crippen LogP contribution >= 0.6 is 0 Å². The highest BCUT2D eigenvalue weighted by Gasteiger charge is 2.39. The van der Waals surface area contributed by atoms with Gasteiger partial charge in [-0.05, 0) is 56.0 Å². The molecule has 0 saturated carbocycles. The molecule has 3 heterocycles. The SMILES string of the molecule is CN1C2CCC1CC(NC(=O)C1=NN=C3CC(c4ccc(F)cc4)=CC=C31)C2. The zero-order valence-electron chi connectivity index (χ0n) is 15.9. The smallest absolute Gasteiger partial charge is 0.272 e. The maximum atomic E-state index is 13.2. The van der Waals surface area contributed by atoms with Crippen molar-refractivity contribution >= 4 is 22.9 Å². The van der Waals surface area contributed by atoms with Crippen molar-refractivity contribution in [2.45, 2.75) is 50.2 Å². The second kappa shape index (κ2) is 6.78. The van der Waals surface area contributed by atoms with E-state index in [2.05, 4.69) is 27.5 Å². The maximum absolute atomic E-state index is 13.2. The number of carbonyl (C=O) groups is 1. The molecule has 144 valence electrons. The molecule has 4 aliphatic rings. The molecule has 1 aliphatic carbocycles. The van der Waals surface area contributed by atoms with E-state index in [1.165, 1.54) is 25.0 Å². The van der Waals surface area contributed by atoms with E-state index in [-0.39, 0.29) is 17.8 Å². The minimum absolute atomic E-state index is 0.127. The Hall–Kier alpha value is -2.60. The highest BCUT2D eigenvalue weighted by atomic mass is 19.1. The average molecular weight is 378 g/mol. The normalized spacial score (nSPS) is 28.9. The number of hydrogen-bond donors (Lipinski definition) is 1. The molecule has 1 aromatic rings. The summed E-state index contributed by atoms with van der Waals surface area (Å²) in [6.45, 7) is 0. The monoisotopic (exact) mass is 378 g/mol. The van der Waals surface area contributed by atoms with E-state index in [1.54, 1.807) is 12.1 Å². The van der Waals surface area contributed by atoms with E-state index >= 15 is 0 Å². The largest absolute Gasteiger partial charge is 0.348 e. The lowest BCUT2D eigenvalue weighted by Crippen LogP contribution is -2.50. The first-order valence-corrected chi connectivity index (χ1v) is 9.93. The summed E-state index contributed by atoms with van der Waals surface area (Å²) in [5.74, 6) is -0.378. The fourth-order valence-corrected chi connectivity index (χ4v) is 4.90. The molecular formula is C22H23FN4O. The number of hydrogen-bond acceptors (Lipinski definition) is 4. The first kappa shape index (κ1) is 17.5. The lowest BCUT2D eigenvalue weighted by Gasteiger charge is -2.36. The number of fused-ring (bicyclic) bond motifs is 3. The molecule has 5 rings (SSSR count). The molecule has 0 radical (unpaired) electrons. The van der Waals surface area contributed by atoms with Crippen LogP contribution in [0.1, 0.15) is 37.7 Å². The summed E-state index contributed by atoms with van der Waals surface area (Å²) in [6.07, 6.45) is 8.95. The molecule has 28 heavy (non-hydrogen) atoms. The Morgan fingerprint density at radius 3 is 2.54 bits per heavy atom. The van der Waals surface area contributed by atoms with Crippen LogP contribution in [0.4, 0.5) is 4.39 Å². The molecule has 2 fully saturated rings. The van der Waals surface area contributed by atoms with Crippen LogP contribution in [0.2, 0.25) is 0 Å². The zero-order valence-corrected chi connectivity index (χ0v) is 15.9. The third kappa shape index (κ3) is 3.02. The first-order valence-electron chi connectivity index (χ1n) is 9.93. The van der Waals surface area contributed by atoms with E-state index in [1.807, 2.05) is 12.2 Å². The van der Waals surface area contributed by atoms with Crippen molar-refractivity contribution in [3.63, 3.8) is 0 Å². The van der Waals surface area contributed by atoms with Gasteiger partial charge in [0, 0.05) is 30.1 Å². The molecule has 2 bridgehead atoms. The van der Waals surface area contributed by atoms with Crippen molar-refractivity contribution in [3.8, 4) is 0 Å². The lowest BCUT2D eigenvalue weighted by molar-refractivity contribution is -0.115. The van der Waals surface area contributed by atoms with Crippen LogP contribution in [-0.4, -0.2) is 47.4 Å².